The molecule has 3 fully saturated rings. The van der Waals surface area contributed by atoms with Gasteiger partial charge in [-0.3, -0.25) is 34.3 Å². The van der Waals surface area contributed by atoms with Crippen LogP contribution in [-0.4, -0.2) is 100 Å². The van der Waals surface area contributed by atoms with Gasteiger partial charge in [-0.05, 0) is 142 Å². The van der Waals surface area contributed by atoms with Gasteiger partial charge in [0.2, 0.25) is 17.7 Å². The first-order valence-electron chi connectivity index (χ1n) is 22.2. The van der Waals surface area contributed by atoms with E-state index in [2.05, 4.69) is 38.7 Å². The number of carbonyl (C=O) groups is 5. The van der Waals surface area contributed by atoms with Crippen molar-refractivity contribution in [2.45, 2.75) is 107 Å². The summed E-state index contributed by atoms with van der Waals surface area (Å²) in [6, 6.07) is 17.7. The summed E-state index contributed by atoms with van der Waals surface area (Å²) in [5.41, 5.74) is 4.68. The predicted octanol–water partition coefficient (Wildman–Crippen LogP) is 7.23. The maximum Gasteiger partial charge on any atom is 0.255 e. The lowest BCUT2D eigenvalue weighted by atomic mass is 9.88. The number of hydrogen-bond acceptors (Lipinski definition) is 8. The van der Waals surface area contributed by atoms with Crippen LogP contribution in [-0.2, 0) is 20.9 Å². The molecule has 3 saturated heterocycles. The number of imide groups is 1. The van der Waals surface area contributed by atoms with Gasteiger partial charge in [0.25, 0.3) is 11.8 Å². The highest BCUT2D eigenvalue weighted by atomic mass is 32.2. The highest BCUT2D eigenvalue weighted by Crippen LogP contribution is 2.32. The third-order valence-corrected chi connectivity index (χ3v) is 13.8. The van der Waals surface area contributed by atoms with Gasteiger partial charge in [-0.15, -0.1) is 11.8 Å². The van der Waals surface area contributed by atoms with Crippen LogP contribution in [0.4, 0.5) is 0 Å². The molecule has 3 aromatic rings. The molecule has 4 aliphatic rings. The van der Waals surface area contributed by atoms with E-state index in [1.165, 1.54) is 24.8 Å². The van der Waals surface area contributed by atoms with Gasteiger partial charge < -0.3 is 20.0 Å². The number of carbonyl (C=O) groups excluding carboxylic acids is 5. The molecule has 5 heterocycles. The minimum absolute atomic E-state index is 0.0780. The highest BCUT2D eigenvalue weighted by Gasteiger charge is 2.39. The highest BCUT2D eigenvalue weighted by molar-refractivity contribution is 7.99. The summed E-state index contributed by atoms with van der Waals surface area (Å²) in [4.78, 5) is 73.9. The number of fused-ring (bicyclic) bond motifs is 1. The molecular weight excluding hydrogens is 773 g/mol. The number of rotatable bonds is 18. The van der Waals surface area contributed by atoms with Crippen LogP contribution in [0.15, 0.2) is 78.0 Å². The number of unbranched alkanes of at least 4 members (excludes halogenated alkanes) is 4. The first-order valence-corrected chi connectivity index (χ1v) is 23.2. The standard InChI is InChI=1S/C48H60N6O5S/c55-44(18-10-36-9-7-24-49-33-36)50-25-4-3-8-35-20-29-53(30-21-35)47(58)39-13-11-37(12-14-39)38-22-27-52(28-23-38)26-5-1-2-6-31-60-41-16-15-40-34-54(48(59)42(40)32-41)43-17-19-45(56)51-46(43)57/h7,9-16,18,24,32-33,35,38,43H,1-6,8,17,19-23,25-31,34H2,(H,50,55)(H,51,56,57)/b18-10+. The van der Waals surface area contributed by atoms with E-state index in [1.54, 1.807) is 41.2 Å². The SMILES string of the molecule is O=C(/C=C/c1cccnc1)NCCCCC1CCN(C(=O)c2ccc(C3CCN(CCCCCCSc4ccc5c(c4)C(=O)N(C4CCC(=O)NC4=O)C5)CC3)cc2)CC1. The molecule has 7 rings (SSSR count). The largest absolute Gasteiger partial charge is 0.353 e. The zero-order chi connectivity index (χ0) is 41.7. The maximum absolute atomic E-state index is 13.3. The van der Waals surface area contributed by atoms with E-state index in [9.17, 15) is 24.0 Å². The molecule has 0 bridgehead atoms. The number of nitrogens with one attached hydrogen (secondary N) is 2. The van der Waals surface area contributed by atoms with Crippen LogP contribution in [0.5, 0.6) is 0 Å². The smallest absolute Gasteiger partial charge is 0.255 e. The van der Waals surface area contributed by atoms with Crippen LogP contribution in [0, 0.1) is 5.92 Å². The molecule has 1 aromatic heterocycles. The van der Waals surface area contributed by atoms with Crippen LogP contribution in [0.1, 0.15) is 127 Å². The topological polar surface area (TPSA) is 132 Å². The Morgan fingerprint density at radius 1 is 0.867 bits per heavy atom. The summed E-state index contributed by atoms with van der Waals surface area (Å²) < 4.78 is 0. The molecule has 0 spiro atoms. The quantitative estimate of drug-likeness (QED) is 0.0595. The summed E-state index contributed by atoms with van der Waals surface area (Å²) in [6.45, 7) is 6.10. The molecule has 0 radical (unpaired) electrons. The molecule has 4 aliphatic heterocycles. The first-order chi connectivity index (χ1) is 29.3. The van der Waals surface area contributed by atoms with Gasteiger partial charge in [-0.2, -0.15) is 0 Å². The molecule has 2 N–H and O–H groups in total. The summed E-state index contributed by atoms with van der Waals surface area (Å²) in [5, 5.41) is 5.34. The van der Waals surface area contributed by atoms with Gasteiger partial charge in [0.15, 0.2) is 0 Å². The Hall–Kier alpha value is -4.81. The number of nitrogens with zero attached hydrogens (tertiary/aromatic N) is 4. The molecule has 318 valence electrons. The van der Waals surface area contributed by atoms with Crippen molar-refractivity contribution in [3.63, 3.8) is 0 Å². The second kappa shape index (κ2) is 21.6. The molecule has 0 saturated carbocycles. The van der Waals surface area contributed by atoms with Crippen molar-refractivity contribution in [1.82, 2.24) is 30.3 Å². The Bertz CT molecular complexity index is 1970. The van der Waals surface area contributed by atoms with Crippen molar-refractivity contribution in [2.75, 3.05) is 45.0 Å². The third kappa shape index (κ3) is 11.9. The predicted molar refractivity (Wildman–Crippen MR) is 235 cm³/mol. The summed E-state index contributed by atoms with van der Waals surface area (Å²) in [7, 11) is 0. The molecular formula is C48H60N6O5S. The Morgan fingerprint density at radius 3 is 2.43 bits per heavy atom. The van der Waals surface area contributed by atoms with Crippen molar-refractivity contribution in [2.24, 2.45) is 5.92 Å². The lowest BCUT2D eigenvalue weighted by molar-refractivity contribution is -0.137. The van der Waals surface area contributed by atoms with Crippen molar-refractivity contribution in [3.05, 3.63) is 101 Å². The lowest BCUT2D eigenvalue weighted by Crippen LogP contribution is -2.52. The fourth-order valence-electron chi connectivity index (χ4n) is 9.07. The van der Waals surface area contributed by atoms with Gasteiger partial charge in [0, 0.05) is 67.1 Å². The van der Waals surface area contributed by atoms with Crippen molar-refractivity contribution < 1.29 is 24.0 Å². The Morgan fingerprint density at radius 2 is 1.67 bits per heavy atom. The number of likely N-dealkylation sites (tertiary alicyclic amines) is 2. The Balaban J connectivity index is 0.714. The van der Waals surface area contributed by atoms with E-state index in [0.717, 1.165) is 111 Å². The van der Waals surface area contributed by atoms with Crippen molar-refractivity contribution >= 4 is 47.4 Å². The van der Waals surface area contributed by atoms with Crippen LogP contribution >= 0.6 is 11.8 Å². The molecule has 11 nitrogen and oxygen atoms in total. The normalized spacial score (nSPS) is 19.2. The average Bonchev–Trinajstić information content (AvgIpc) is 3.60. The van der Waals surface area contributed by atoms with Crippen LogP contribution in [0.3, 0.4) is 0 Å². The number of thioether (sulfide) groups is 1. The zero-order valence-electron chi connectivity index (χ0n) is 34.8. The van der Waals surface area contributed by atoms with Crippen molar-refractivity contribution in [1.29, 1.82) is 0 Å². The number of pyridine rings is 1. The Labute approximate surface area is 359 Å². The van der Waals surface area contributed by atoms with Crippen LogP contribution in [0.2, 0.25) is 0 Å². The van der Waals surface area contributed by atoms with E-state index in [0.29, 0.717) is 36.9 Å². The van der Waals surface area contributed by atoms with Crippen LogP contribution in [0.25, 0.3) is 6.08 Å². The van der Waals surface area contributed by atoms with Gasteiger partial charge in [0.05, 0.1) is 0 Å². The molecule has 60 heavy (non-hydrogen) atoms. The Kier molecular flexibility index (Phi) is 15.6. The van der Waals surface area contributed by atoms with Gasteiger partial charge in [-0.1, -0.05) is 49.9 Å². The number of amides is 5. The van der Waals surface area contributed by atoms with Crippen LogP contribution < -0.4 is 10.6 Å². The molecule has 12 heteroatoms. The molecule has 0 aliphatic carbocycles. The van der Waals surface area contributed by atoms with E-state index in [1.807, 2.05) is 41.3 Å². The fraction of sp³-hybridized carbons (Fsp3) is 0.500. The fourth-order valence-corrected chi connectivity index (χ4v) is 10.0. The van der Waals surface area contributed by atoms with Gasteiger partial charge in [-0.25, -0.2) is 0 Å². The summed E-state index contributed by atoms with van der Waals surface area (Å²) in [6.07, 6.45) is 19.7. The minimum Gasteiger partial charge on any atom is -0.353 e. The van der Waals surface area contributed by atoms with Gasteiger partial charge >= 0.3 is 0 Å². The van der Waals surface area contributed by atoms with E-state index >= 15 is 0 Å². The monoisotopic (exact) mass is 832 g/mol. The summed E-state index contributed by atoms with van der Waals surface area (Å²) in [5.74, 6) is 1.50. The number of hydrogen-bond donors (Lipinski definition) is 2. The third-order valence-electron chi connectivity index (χ3n) is 12.7. The lowest BCUT2D eigenvalue weighted by Gasteiger charge is -2.33. The second-order valence-electron chi connectivity index (χ2n) is 16.9. The van der Waals surface area contributed by atoms with Crippen molar-refractivity contribution in [3.8, 4) is 0 Å². The van der Waals surface area contributed by atoms with E-state index in [4.69, 9.17) is 0 Å². The maximum atomic E-state index is 13.3. The molecule has 5 amide bonds. The van der Waals surface area contributed by atoms with E-state index < -0.39 is 6.04 Å². The second-order valence-corrected chi connectivity index (χ2v) is 18.0. The summed E-state index contributed by atoms with van der Waals surface area (Å²) >= 11 is 1.79. The molecule has 2 aromatic carbocycles. The molecule has 1 unspecified atom stereocenters. The van der Waals surface area contributed by atoms with Gasteiger partial charge in [0.1, 0.15) is 6.04 Å². The number of piperidine rings is 3. The van der Waals surface area contributed by atoms with E-state index in [-0.39, 0.29) is 36.0 Å². The zero-order valence-corrected chi connectivity index (χ0v) is 35.6. The molecule has 1 atom stereocenters. The average molecular weight is 833 g/mol. The minimum atomic E-state index is -0.577. The number of aromatic nitrogens is 1. The first kappa shape index (κ1) is 43.3. The number of benzene rings is 2.